The van der Waals surface area contributed by atoms with Crippen molar-refractivity contribution in [1.82, 2.24) is 14.2 Å². The van der Waals surface area contributed by atoms with E-state index in [1.807, 2.05) is 0 Å². The minimum Gasteiger partial charge on any atom is -0.408 e. The molecule has 0 atom stereocenters. The number of anilines is 1. The van der Waals surface area contributed by atoms with Crippen molar-refractivity contribution in [2.45, 2.75) is 49.6 Å². The molecule has 0 unspecified atom stereocenters. The monoisotopic (exact) mass is 498 g/mol. The van der Waals surface area contributed by atoms with Gasteiger partial charge in [-0.15, -0.1) is 0 Å². The molecule has 0 spiro atoms. The van der Waals surface area contributed by atoms with E-state index in [1.54, 1.807) is 24.3 Å². The van der Waals surface area contributed by atoms with Crippen LogP contribution in [-0.4, -0.2) is 48.2 Å². The fraction of sp³-hybridized carbons (Fsp3) is 0.375. The van der Waals surface area contributed by atoms with E-state index in [-0.39, 0.29) is 41.3 Å². The van der Waals surface area contributed by atoms with Gasteiger partial charge in [0.1, 0.15) is 0 Å². The Balaban J connectivity index is 1.23. The van der Waals surface area contributed by atoms with Gasteiger partial charge in [0.2, 0.25) is 15.9 Å². The van der Waals surface area contributed by atoms with Crippen molar-refractivity contribution < 1.29 is 22.4 Å². The van der Waals surface area contributed by atoms with Crippen LogP contribution in [0, 0.1) is 0 Å². The van der Waals surface area contributed by atoms with Crippen molar-refractivity contribution >= 4 is 38.6 Å². The SMILES string of the molecule is O=C(CCn1c(=O)oc2cc(S(=O)(=O)N3CCCC3)ccc21)Nc1ccc(C(=O)NC2CC2)cc1. The van der Waals surface area contributed by atoms with Crippen LogP contribution in [0.1, 0.15) is 42.5 Å². The van der Waals surface area contributed by atoms with Crippen LogP contribution in [-0.2, 0) is 21.4 Å². The zero-order valence-electron chi connectivity index (χ0n) is 19.0. The summed E-state index contributed by atoms with van der Waals surface area (Å²) in [5.74, 6) is -1.10. The number of carbonyl (C=O) groups is 2. The van der Waals surface area contributed by atoms with E-state index in [1.165, 1.54) is 27.1 Å². The first-order valence-electron chi connectivity index (χ1n) is 11.7. The van der Waals surface area contributed by atoms with Gasteiger partial charge < -0.3 is 15.1 Å². The van der Waals surface area contributed by atoms with Crippen LogP contribution in [0.4, 0.5) is 5.69 Å². The molecule has 184 valence electrons. The first-order chi connectivity index (χ1) is 16.8. The second kappa shape index (κ2) is 9.31. The number of nitrogens with one attached hydrogen (secondary N) is 2. The minimum atomic E-state index is -3.63. The zero-order chi connectivity index (χ0) is 24.6. The predicted octanol–water partition coefficient (Wildman–Crippen LogP) is 2.30. The first kappa shape index (κ1) is 23.3. The van der Waals surface area contributed by atoms with Gasteiger partial charge in [-0.05, 0) is 62.1 Å². The molecule has 3 aromatic rings. The third-order valence-corrected chi connectivity index (χ3v) is 8.14. The molecule has 0 radical (unpaired) electrons. The van der Waals surface area contributed by atoms with Gasteiger partial charge in [0.25, 0.3) is 5.91 Å². The Hall–Kier alpha value is -3.44. The molecule has 2 N–H and O–H groups in total. The quantitative estimate of drug-likeness (QED) is 0.490. The summed E-state index contributed by atoms with van der Waals surface area (Å²) in [5, 5.41) is 5.66. The highest BCUT2D eigenvalue weighted by Crippen LogP contribution is 2.24. The fourth-order valence-corrected chi connectivity index (χ4v) is 5.67. The van der Waals surface area contributed by atoms with Gasteiger partial charge >= 0.3 is 5.76 Å². The molecular formula is C24H26N4O6S. The highest BCUT2D eigenvalue weighted by atomic mass is 32.2. The Kier molecular flexibility index (Phi) is 6.20. The lowest BCUT2D eigenvalue weighted by molar-refractivity contribution is -0.116. The summed E-state index contributed by atoms with van der Waals surface area (Å²) in [4.78, 5) is 37.0. The average molecular weight is 499 g/mol. The van der Waals surface area contributed by atoms with Crippen molar-refractivity contribution in [3.8, 4) is 0 Å². The van der Waals surface area contributed by atoms with Crippen LogP contribution >= 0.6 is 0 Å². The van der Waals surface area contributed by atoms with Gasteiger partial charge in [-0.25, -0.2) is 13.2 Å². The summed E-state index contributed by atoms with van der Waals surface area (Å²) in [5.41, 5.74) is 1.65. The Morgan fingerprint density at radius 3 is 2.43 bits per heavy atom. The second-order valence-corrected chi connectivity index (χ2v) is 10.8. The third kappa shape index (κ3) is 5.01. The van der Waals surface area contributed by atoms with Crippen LogP contribution < -0.4 is 16.4 Å². The number of hydrogen-bond acceptors (Lipinski definition) is 6. The predicted molar refractivity (Wildman–Crippen MR) is 129 cm³/mol. The van der Waals surface area contributed by atoms with Crippen LogP contribution in [0.25, 0.3) is 11.1 Å². The number of aryl methyl sites for hydroxylation is 1. The molecule has 2 aliphatic rings. The van der Waals surface area contributed by atoms with Gasteiger partial charge in [0.05, 0.1) is 10.4 Å². The number of benzene rings is 2. The zero-order valence-corrected chi connectivity index (χ0v) is 19.8. The van der Waals surface area contributed by atoms with Gasteiger partial charge in [0.15, 0.2) is 5.58 Å². The van der Waals surface area contributed by atoms with Crippen molar-refractivity contribution in [1.29, 1.82) is 0 Å². The Morgan fingerprint density at radius 2 is 1.74 bits per heavy atom. The smallest absolute Gasteiger partial charge is 0.408 e. The molecular weight excluding hydrogens is 472 g/mol. The largest absolute Gasteiger partial charge is 0.419 e. The molecule has 35 heavy (non-hydrogen) atoms. The van der Waals surface area contributed by atoms with Crippen molar-refractivity contribution in [3.63, 3.8) is 0 Å². The molecule has 11 heteroatoms. The van der Waals surface area contributed by atoms with Crippen molar-refractivity contribution in [2.24, 2.45) is 0 Å². The highest BCUT2D eigenvalue weighted by molar-refractivity contribution is 7.89. The van der Waals surface area contributed by atoms with Gasteiger partial charge in [0, 0.05) is 49.4 Å². The number of oxazole rings is 1. The van der Waals surface area contributed by atoms with Crippen molar-refractivity contribution in [3.05, 3.63) is 58.6 Å². The summed E-state index contributed by atoms with van der Waals surface area (Å²) in [7, 11) is -3.63. The maximum atomic E-state index is 12.8. The third-order valence-electron chi connectivity index (χ3n) is 6.25. The first-order valence-corrected chi connectivity index (χ1v) is 13.1. The Bertz CT molecular complexity index is 1430. The summed E-state index contributed by atoms with van der Waals surface area (Å²) < 4.78 is 33.6. The van der Waals surface area contributed by atoms with Gasteiger partial charge in [-0.1, -0.05) is 0 Å². The minimum absolute atomic E-state index is 0.00624. The summed E-state index contributed by atoms with van der Waals surface area (Å²) in [6.07, 6.45) is 3.68. The van der Waals surface area contributed by atoms with E-state index >= 15 is 0 Å². The summed E-state index contributed by atoms with van der Waals surface area (Å²) in [6, 6.07) is 11.2. The second-order valence-electron chi connectivity index (χ2n) is 8.88. The van der Waals surface area contributed by atoms with E-state index in [0.29, 0.717) is 29.9 Å². The maximum absolute atomic E-state index is 12.8. The van der Waals surface area contributed by atoms with E-state index in [4.69, 9.17) is 4.42 Å². The van der Waals surface area contributed by atoms with E-state index < -0.39 is 15.8 Å². The average Bonchev–Trinajstić information content (AvgIpc) is 3.35. The summed E-state index contributed by atoms with van der Waals surface area (Å²) in [6.45, 7) is 1.03. The highest BCUT2D eigenvalue weighted by Gasteiger charge is 2.28. The normalized spacial score (nSPS) is 16.5. The standard InChI is InChI=1S/C24H26N4O6S/c29-22(25-17-5-3-16(4-6-17)23(30)26-18-7-8-18)11-14-28-20-10-9-19(15-21(20)34-24(28)31)35(32,33)27-12-1-2-13-27/h3-6,9-10,15,18H,1-2,7-8,11-14H2,(H,25,29)(H,26,30). The summed E-state index contributed by atoms with van der Waals surface area (Å²) >= 11 is 0. The van der Waals surface area contributed by atoms with Crippen LogP contribution in [0.2, 0.25) is 0 Å². The maximum Gasteiger partial charge on any atom is 0.419 e. The molecule has 1 saturated carbocycles. The number of aromatic nitrogens is 1. The molecule has 10 nitrogen and oxygen atoms in total. The van der Waals surface area contributed by atoms with Crippen LogP contribution in [0.5, 0.6) is 0 Å². The molecule has 1 aliphatic carbocycles. The lowest BCUT2D eigenvalue weighted by Crippen LogP contribution is -2.27. The number of hydrogen-bond donors (Lipinski definition) is 2. The number of sulfonamides is 1. The molecule has 1 aliphatic heterocycles. The number of nitrogens with zero attached hydrogens (tertiary/aromatic N) is 2. The van der Waals surface area contributed by atoms with Crippen molar-refractivity contribution in [2.75, 3.05) is 18.4 Å². The fourth-order valence-electron chi connectivity index (χ4n) is 4.13. The van der Waals surface area contributed by atoms with E-state index in [0.717, 1.165) is 25.7 Å². The molecule has 1 saturated heterocycles. The molecule has 2 fully saturated rings. The Labute approximate surface area is 202 Å². The van der Waals surface area contributed by atoms with Gasteiger partial charge in [-0.2, -0.15) is 4.31 Å². The van der Waals surface area contributed by atoms with Gasteiger partial charge in [-0.3, -0.25) is 14.2 Å². The lowest BCUT2D eigenvalue weighted by atomic mass is 10.2. The molecule has 2 amide bonds. The molecule has 0 bridgehead atoms. The molecule has 2 heterocycles. The topological polar surface area (TPSA) is 131 Å². The van der Waals surface area contributed by atoms with E-state index in [9.17, 15) is 22.8 Å². The molecule has 2 aromatic carbocycles. The lowest BCUT2D eigenvalue weighted by Gasteiger charge is -2.15. The number of carbonyl (C=O) groups excluding carboxylic acids is 2. The van der Waals surface area contributed by atoms with Crippen LogP contribution in [0.15, 0.2) is 56.6 Å². The molecule has 5 rings (SSSR count). The number of amides is 2. The Morgan fingerprint density at radius 1 is 1.03 bits per heavy atom. The van der Waals surface area contributed by atoms with Crippen LogP contribution in [0.3, 0.4) is 0 Å². The van der Waals surface area contributed by atoms with E-state index in [2.05, 4.69) is 10.6 Å². The number of fused-ring (bicyclic) bond motifs is 1. The molecule has 1 aromatic heterocycles. The number of rotatable bonds is 8.